The number of rotatable bonds is 1. The Kier molecular flexibility index (Phi) is 1.76. The van der Waals surface area contributed by atoms with Crippen LogP contribution in [0.5, 0.6) is 0 Å². The zero-order chi connectivity index (χ0) is 11.6. The first-order valence-corrected chi connectivity index (χ1v) is 5.45. The monoisotopic (exact) mass is 226 g/mol. The summed E-state index contributed by atoms with van der Waals surface area (Å²) in [5, 5.41) is 19.7. The van der Waals surface area contributed by atoms with Crippen LogP contribution in [-0.2, 0) is 14.3 Å². The molecule has 0 spiro atoms. The van der Waals surface area contributed by atoms with Crippen molar-refractivity contribution >= 4 is 5.97 Å². The van der Waals surface area contributed by atoms with Crippen molar-refractivity contribution in [2.24, 2.45) is 17.3 Å². The summed E-state index contributed by atoms with van der Waals surface area (Å²) in [6.45, 7) is 1.42. The van der Waals surface area contributed by atoms with Crippen LogP contribution in [0.25, 0.3) is 0 Å². The van der Waals surface area contributed by atoms with Gasteiger partial charge in [-0.3, -0.25) is 4.79 Å². The van der Waals surface area contributed by atoms with Gasteiger partial charge in [0.15, 0.2) is 5.79 Å². The second-order valence-corrected chi connectivity index (χ2v) is 4.94. The van der Waals surface area contributed by atoms with Gasteiger partial charge in [0.1, 0.15) is 5.41 Å². The van der Waals surface area contributed by atoms with Gasteiger partial charge in [-0.2, -0.15) is 0 Å². The molecule has 3 aliphatic rings. The van der Waals surface area contributed by atoms with Crippen molar-refractivity contribution in [1.29, 1.82) is 0 Å². The lowest BCUT2D eigenvalue weighted by Gasteiger charge is -2.33. The number of aliphatic hydroxyl groups is 1. The molecule has 1 saturated heterocycles. The fraction of sp³-hybridized carbons (Fsp3) is 0.727. The molecule has 1 saturated carbocycles. The molecular formula is C11H14O5. The van der Waals surface area contributed by atoms with Gasteiger partial charge in [0.2, 0.25) is 6.29 Å². The predicted octanol–water partition coefficient (Wildman–Crippen LogP) is 0.692. The maximum absolute atomic E-state index is 11.5. The predicted molar refractivity (Wildman–Crippen MR) is 52.0 cm³/mol. The van der Waals surface area contributed by atoms with E-state index in [2.05, 4.69) is 0 Å². The molecule has 0 bridgehead atoms. The Morgan fingerprint density at radius 2 is 2.31 bits per heavy atom. The summed E-state index contributed by atoms with van der Waals surface area (Å²) in [5.74, 6) is -2.81. The third-order valence-electron chi connectivity index (χ3n) is 4.29. The van der Waals surface area contributed by atoms with E-state index in [0.717, 1.165) is 6.42 Å². The Bertz CT molecular complexity index is 375. The smallest absolute Gasteiger partial charge is 0.315 e. The van der Waals surface area contributed by atoms with E-state index in [-0.39, 0.29) is 11.8 Å². The molecule has 2 fully saturated rings. The minimum Gasteiger partial charge on any atom is -0.481 e. The topological polar surface area (TPSA) is 76.0 Å². The molecule has 5 heteroatoms. The number of aliphatic carboxylic acids is 1. The van der Waals surface area contributed by atoms with Gasteiger partial charge in [-0.25, -0.2) is 0 Å². The first-order chi connectivity index (χ1) is 7.49. The van der Waals surface area contributed by atoms with Crippen LogP contribution in [-0.4, -0.2) is 28.3 Å². The van der Waals surface area contributed by atoms with E-state index in [0.29, 0.717) is 6.42 Å². The van der Waals surface area contributed by atoms with E-state index in [1.165, 1.54) is 6.92 Å². The third-order valence-corrected chi connectivity index (χ3v) is 4.29. The molecule has 0 aromatic heterocycles. The highest BCUT2D eigenvalue weighted by atomic mass is 16.7. The van der Waals surface area contributed by atoms with Gasteiger partial charge in [-0.1, -0.05) is 0 Å². The minimum atomic E-state index is -1.66. The SMILES string of the molecule is C[C@]1(O)O[C@H]2OC=C[C@@H]3CC[C@@]1(C(=O)O)[C@@H]23. The van der Waals surface area contributed by atoms with Crippen molar-refractivity contribution in [3.8, 4) is 0 Å². The summed E-state index contributed by atoms with van der Waals surface area (Å²) in [6, 6.07) is 0. The van der Waals surface area contributed by atoms with Gasteiger partial charge in [0.05, 0.1) is 6.26 Å². The standard InChI is InChI=1S/C11H14O5/c1-10(14)11(9(12)13)4-2-6-3-5-15-8(16-10)7(6)11/h3,5-8,14H,2,4H2,1H3,(H,12,13)/t6-,7+,8+,10-,11-/m0/s1. The first kappa shape index (κ1) is 10.1. The van der Waals surface area contributed by atoms with Crippen LogP contribution in [0.3, 0.4) is 0 Å². The highest BCUT2D eigenvalue weighted by Gasteiger charge is 2.72. The fourth-order valence-corrected chi connectivity index (χ4v) is 3.49. The Morgan fingerprint density at radius 3 is 3.00 bits per heavy atom. The summed E-state index contributed by atoms with van der Waals surface area (Å²) >= 11 is 0. The molecule has 0 radical (unpaired) electrons. The maximum Gasteiger partial charge on any atom is 0.315 e. The van der Waals surface area contributed by atoms with Gasteiger partial charge in [0.25, 0.3) is 0 Å². The summed E-state index contributed by atoms with van der Waals surface area (Å²) in [4.78, 5) is 11.5. The van der Waals surface area contributed by atoms with Crippen LogP contribution in [0.1, 0.15) is 19.8 Å². The summed E-state index contributed by atoms with van der Waals surface area (Å²) < 4.78 is 10.6. The van der Waals surface area contributed by atoms with E-state index in [1.54, 1.807) is 6.26 Å². The lowest BCUT2D eigenvalue weighted by Crippen LogP contribution is -2.50. The molecule has 88 valence electrons. The second kappa shape index (κ2) is 2.78. The number of hydrogen-bond acceptors (Lipinski definition) is 4. The van der Waals surface area contributed by atoms with Gasteiger partial charge < -0.3 is 19.7 Å². The summed E-state index contributed by atoms with van der Waals surface area (Å²) in [7, 11) is 0. The normalized spacial score (nSPS) is 53.5. The second-order valence-electron chi connectivity index (χ2n) is 4.94. The molecule has 16 heavy (non-hydrogen) atoms. The van der Waals surface area contributed by atoms with Crippen molar-refractivity contribution in [3.63, 3.8) is 0 Å². The molecule has 0 aromatic carbocycles. The van der Waals surface area contributed by atoms with Crippen molar-refractivity contribution in [2.75, 3.05) is 0 Å². The number of hydrogen-bond donors (Lipinski definition) is 2. The summed E-state index contributed by atoms with van der Waals surface area (Å²) in [6.07, 6.45) is 3.97. The van der Waals surface area contributed by atoms with Crippen LogP contribution in [0.15, 0.2) is 12.3 Å². The highest BCUT2D eigenvalue weighted by molar-refractivity contribution is 5.77. The van der Waals surface area contributed by atoms with E-state index < -0.39 is 23.5 Å². The van der Waals surface area contributed by atoms with Crippen LogP contribution in [0, 0.1) is 17.3 Å². The Morgan fingerprint density at radius 1 is 1.56 bits per heavy atom. The van der Waals surface area contributed by atoms with Crippen LogP contribution < -0.4 is 0 Å². The quantitative estimate of drug-likeness (QED) is 0.688. The molecule has 2 aliphatic heterocycles. The van der Waals surface area contributed by atoms with Gasteiger partial charge >= 0.3 is 5.97 Å². The van der Waals surface area contributed by atoms with Crippen LogP contribution >= 0.6 is 0 Å². The molecule has 5 nitrogen and oxygen atoms in total. The lowest BCUT2D eigenvalue weighted by atomic mass is 9.71. The maximum atomic E-state index is 11.5. The van der Waals surface area contributed by atoms with Crippen LogP contribution in [0.2, 0.25) is 0 Å². The molecule has 0 aromatic rings. The average Bonchev–Trinajstić information content (AvgIpc) is 2.68. The molecule has 1 aliphatic carbocycles. The number of allylic oxidation sites excluding steroid dienone is 1. The molecule has 3 rings (SSSR count). The van der Waals surface area contributed by atoms with Crippen LogP contribution in [0.4, 0.5) is 0 Å². The Labute approximate surface area is 92.7 Å². The molecule has 2 N–H and O–H groups in total. The van der Waals surface area contributed by atoms with E-state index in [1.807, 2.05) is 6.08 Å². The van der Waals surface area contributed by atoms with E-state index in [4.69, 9.17) is 9.47 Å². The van der Waals surface area contributed by atoms with E-state index in [9.17, 15) is 15.0 Å². The van der Waals surface area contributed by atoms with Crippen molar-refractivity contribution < 1.29 is 24.5 Å². The largest absolute Gasteiger partial charge is 0.481 e. The van der Waals surface area contributed by atoms with Gasteiger partial charge in [-0.15, -0.1) is 0 Å². The molecule has 2 heterocycles. The van der Waals surface area contributed by atoms with Gasteiger partial charge in [0, 0.05) is 5.92 Å². The van der Waals surface area contributed by atoms with Crippen molar-refractivity contribution in [3.05, 3.63) is 12.3 Å². The first-order valence-electron chi connectivity index (χ1n) is 5.45. The van der Waals surface area contributed by atoms with Gasteiger partial charge in [-0.05, 0) is 31.8 Å². The molecule has 5 atom stereocenters. The summed E-state index contributed by atoms with van der Waals surface area (Å²) in [5.41, 5.74) is -1.23. The number of carboxylic acid groups (broad SMARTS) is 1. The minimum absolute atomic E-state index is 0.129. The van der Waals surface area contributed by atoms with E-state index >= 15 is 0 Å². The Hall–Kier alpha value is -1.07. The highest BCUT2D eigenvalue weighted by Crippen LogP contribution is 2.62. The van der Waals surface area contributed by atoms with Crippen molar-refractivity contribution in [1.82, 2.24) is 0 Å². The fourth-order valence-electron chi connectivity index (χ4n) is 3.49. The third kappa shape index (κ3) is 0.912. The number of ether oxygens (including phenoxy) is 2. The number of carbonyl (C=O) groups is 1. The van der Waals surface area contributed by atoms with Crippen molar-refractivity contribution in [2.45, 2.75) is 31.8 Å². The average molecular weight is 226 g/mol. The molecule has 0 amide bonds. The zero-order valence-electron chi connectivity index (χ0n) is 8.92. The molecular weight excluding hydrogens is 212 g/mol. The zero-order valence-corrected chi connectivity index (χ0v) is 8.92. The lowest BCUT2D eigenvalue weighted by molar-refractivity contribution is -0.260. The number of carboxylic acids is 1. The molecule has 0 unspecified atom stereocenters. The Balaban J connectivity index is 2.13.